The van der Waals surface area contributed by atoms with Crippen LogP contribution in [0.15, 0.2) is 53.5 Å². The molecule has 1 amide bonds. The van der Waals surface area contributed by atoms with Crippen LogP contribution in [0.25, 0.3) is 0 Å². The maximum absolute atomic E-state index is 12.1. The van der Waals surface area contributed by atoms with Gasteiger partial charge in [0.25, 0.3) is 5.91 Å². The number of benzene rings is 2. The lowest BCUT2D eigenvalue weighted by Crippen LogP contribution is -2.48. The standard InChI is InChI=1S/C24H32N4O2/c1-4-25-23(29)20-11-8-10-19(15-20)16-27-24(26-5-2)28-13-14-30-22(17-28)21-12-7-6-9-18(21)3/h6-12,15,22H,4-5,13-14,16-17H2,1-3H3,(H,25,29)(H,26,27). The molecule has 1 unspecified atom stereocenters. The maximum atomic E-state index is 12.1. The maximum Gasteiger partial charge on any atom is 0.251 e. The molecule has 1 aliphatic rings. The largest absolute Gasteiger partial charge is 0.370 e. The van der Waals surface area contributed by atoms with E-state index in [1.807, 2.05) is 31.2 Å². The van der Waals surface area contributed by atoms with E-state index in [2.05, 4.69) is 53.6 Å². The van der Waals surface area contributed by atoms with Gasteiger partial charge in [0.1, 0.15) is 6.10 Å². The zero-order valence-electron chi connectivity index (χ0n) is 18.1. The molecule has 1 heterocycles. The van der Waals surface area contributed by atoms with E-state index in [9.17, 15) is 4.79 Å². The van der Waals surface area contributed by atoms with E-state index in [1.165, 1.54) is 11.1 Å². The Balaban J connectivity index is 1.73. The molecule has 3 rings (SSSR count). The lowest BCUT2D eigenvalue weighted by Gasteiger charge is -2.35. The van der Waals surface area contributed by atoms with Gasteiger partial charge in [-0.05, 0) is 49.6 Å². The van der Waals surface area contributed by atoms with Crippen LogP contribution in [0.3, 0.4) is 0 Å². The molecule has 1 fully saturated rings. The van der Waals surface area contributed by atoms with Crippen LogP contribution in [0.2, 0.25) is 0 Å². The van der Waals surface area contributed by atoms with Gasteiger partial charge in [0.15, 0.2) is 5.96 Å². The number of hydrogen-bond donors (Lipinski definition) is 2. The van der Waals surface area contributed by atoms with E-state index >= 15 is 0 Å². The molecular formula is C24H32N4O2. The predicted octanol–water partition coefficient (Wildman–Crippen LogP) is 3.28. The Morgan fingerprint density at radius 2 is 1.93 bits per heavy atom. The second kappa shape index (κ2) is 10.8. The molecule has 30 heavy (non-hydrogen) atoms. The SMILES string of the molecule is CCNC(=O)c1cccc(CN=C(NCC)N2CCOC(c3ccccc3C)C2)c1. The third kappa shape index (κ3) is 5.60. The number of carbonyl (C=O) groups is 1. The first-order valence-corrected chi connectivity index (χ1v) is 10.7. The Kier molecular flexibility index (Phi) is 7.85. The number of aryl methyl sites for hydroxylation is 1. The summed E-state index contributed by atoms with van der Waals surface area (Å²) in [7, 11) is 0. The molecule has 0 aromatic heterocycles. The normalized spacial score (nSPS) is 17.0. The fourth-order valence-corrected chi connectivity index (χ4v) is 3.64. The van der Waals surface area contributed by atoms with Gasteiger partial charge in [0.05, 0.1) is 19.7 Å². The summed E-state index contributed by atoms with van der Waals surface area (Å²) in [4.78, 5) is 19.2. The Morgan fingerprint density at radius 3 is 2.70 bits per heavy atom. The molecule has 2 N–H and O–H groups in total. The highest BCUT2D eigenvalue weighted by Crippen LogP contribution is 2.25. The number of amides is 1. The number of morpholine rings is 1. The van der Waals surface area contributed by atoms with Crippen molar-refractivity contribution in [3.05, 3.63) is 70.8 Å². The van der Waals surface area contributed by atoms with Crippen LogP contribution in [0.5, 0.6) is 0 Å². The van der Waals surface area contributed by atoms with Gasteiger partial charge in [-0.15, -0.1) is 0 Å². The van der Waals surface area contributed by atoms with Crippen molar-refractivity contribution < 1.29 is 9.53 Å². The fourth-order valence-electron chi connectivity index (χ4n) is 3.64. The summed E-state index contributed by atoms with van der Waals surface area (Å²) in [5.74, 6) is 0.826. The number of hydrogen-bond acceptors (Lipinski definition) is 3. The van der Waals surface area contributed by atoms with Crippen molar-refractivity contribution in [2.45, 2.75) is 33.4 Å². The molecule has 2 aromatic carbocycles. The summed E-state index contributed by atoms with van der Waals surface area (Å²) < 4.78 is 6.06. The summed E-state index contributed by atoms with van der Waals surface area (Å²) in [5, 5.41) is 6.25. The number of carbonyl (C=O) groups excluding carboxylic acids is 1. The molecule has 160 valence electrons. The van der Waals surface area contributed by atoms with E-state index in [-0.39, 0.29) is 12.0 Å². The highest BCUT2D eigenvalue weighted by atomic mass is 16.5. The molecule has 0 bridgehead atoms. The molecule has 0 aliphatic carbocycles. The Bertz CT molecular complexity index is 881. The minimum Gasteiger partial charge on any atom is -0.370 e. The molecule has 6 heteroatoms. The van der Waals surface area contributed by atoms with Gasteiger partial charge in [-0.25, -0.2) is 4.99 Å². The average Bonchev–Trinajstić information content (AvgIpc) is 2.77. The molecule has 6 nitrogen and oxygen atoms in total. The molecule has 0 radical (unpaired) electrons. The minimum atomic E-state index is -0.0514. The fraction of sp³-hybridized carbons (Fsp3) is 0.417. The molecule has 1 atom stereocenters. The summed E-state index contributed by atoms with van der Waals surface area (Å²) in [6.45, 7) is 10.3. The van der Waals surface area contributed by atoms with E-state index in [4.69, 9.17) is 9.73 Å². The summed E-state index contributed by atoms with van der Waals surface area (Å²) >= 11 is 0. The second-order valence-corrected chi connectivity index (χ2v) is 7.39. The molecule has 0 saturated carbocycles. The van der Waals surface area contributed by atoms with Crippen LogP contribution in [-0.4, -0.2) is 49.6 Å². The van der Waals surface area contributed by atoms with Crippen molar-refractivity contribution in [3.63, 3.8) is 0 Å². The van der Waals surface area contributed by atoms with E-state index < -0.39 is 0 Å². The van der Waals surface area contributed by atoms with Gasteiger partial charge in [-0.3, -0.25) is 4.79 Å². The van der Waals surface area contributed by atoms with Crippen molar-refractivity contribution in [3.8, 4) is 0 Å². The summed E-state index contributed by atoms with van der Waals surface area (Å²) in [6, 6.07) is 16.0. The van der Waals surface area contributed by atoms with Gasteiger partial charge < -0.3 is 20.3 Å². The first kappa shape index (κ1) is 21.8. The van der Waals surface area contributed by atoms with Gasteiger partial charge in [-0.2, -0.15) is 0 Å². The second-order valence-electron chi connectivity index (χ2n) is 7.39. The monoisotopic (exact) mass is 408 g/mol. The highest BCUT2D eigenvalue weighted by Gasteiger charge is 2.25. The third-order valence-electron chi connectivity index (χ3n) is 5.17. The van der Waals surface area contributed by atoms with Crippen LogP contribution in [-0.2, 0) is 11.3 Å². The first-order valence-electron chi connectivity index (χ1n) is 10.7. The topological polar surface area (TPSA) is 66.0 Å². The Labute approximate surface area is 179 Å². The molecule has 0 spiro atoms. The Morgan fingerprint density at radius 1 is 1.13 bits per heavy atom. The van der Waals surface area contributed by atoms with Crippen molar-refractivity contribution in [1.82, 2.24) is 15.5 Å². The zero-order valence-corrected chi connectivity index (χ0v) is 18.1. The number of nitrogens with zero attached hydrogens (tertiary/aromatic N) is 2. The quantitative estimate of drug-likeness (QED) is 0.569. The van der Waals surface area contributed by atoms with Gasteiger partial charge in [-0.1, -0.05) is 36.4 Å². The number of nitrogens with one attached hydrogen (secondary N) is 2. The molecule has 1 aliphatic heterocycles. The molecule has 2 aromatic rings. The van der Waals surface area contributed by atoms with Crippen LogP contribution in [0.1, 0.15) is 47.0 Å². The van der Waals surface area contributed by atoms with Crippen LogP contribution in [0, 0.1) is 6.92 Å². The Hall–Kier alpha value is -2.86. The average molecular weight is 409 g/mol. The number of rotatable bonds is 6. The van der Waals surface area contributed by atoms with E-state index in [0.29, 0.717) is 25.3 Å². The van der Waals surface area contributed by atoms with Gasteiger partial charge in [0.2, 0.25) is 0 Å². The molecular weight excluding hydrogens is 376 g/mol. The van der Waals surface area contributed by atoms with Gasteiger partial charge in [0, 0.05) is 25.2 Å². The molecule has 1 saturated heterocycles. The van der Waals surface area contributed by atoms with Crippen molar-refractivity contribution >= 4 is 11.9 Å². The predicted molar refractivity (Wildman–Crippen MR) is 121 cm³/mol. The number of ether oxygens (including phenoxy) is 1. The van der Waals surface area contributed by atoms with Crippen molar-refractivity contribution in [2.24, 2.45) is 4.99 Å². The minimum absolute atomic E-state index is 0.0323. The van der Waals surface area contributed by atoms with Crippen LogP contribution >= 0.6 is 0 Å². The van der Waals surface area contributed by atoms with Gasteiger partial charge >= 0.3 is 0 Å². The van der Waals surface area contributed by atoms with Crippen molar-refractivity contribution in [1.29, 1.82) is 0 Å². The summed E-state index contributed by atoms with van der Waals surface area (Å²) in [6.07, 6.45) is 0.0323. The number of aliphatic imine (C=N–C) groups is 1. The van der Waals surface area contributed by atoms with Crippen molar-refractivity contribution in [2.75, 3.05) is 32.8 Å². The highest BCUT2D eigenvalue weighted by molar-refractivity contribution is 5.94. The van der Waals surface area contributed by atoms with Crippen LogP contribution < -0.4 is 10.6 Å². The van der Waals surface area contributed by atoms with E-state index in [1.54, 1.807) is 0 Å². The third-order valence-corrected chi connectivity index (χ3v) is 5.17. The zero-order chi connectivity index (χ0) is 21.3. The van der Waals surface area contributed by atoms with Crippen LogP contribution in [0.4, 0.5) is 0 Å². The lowest BCUT2D eigenvalue weighted by atomic mass is 10.0. The smallest absolute Gasteiger partial charge is 0.251 e. The van der Waals surface area contributed by atoms with E-state index in [0.717, 1.165) is 31.2 Å². The first-order chi connectivity index (χ1) is 14.6. The number of guanidine groups is 1. The lowest BCUT2D eigenvalue weighted by molar-refractivity contribution is -0.00834. The summed E-state index contributed by atoms with van der Waals surface area (Å²) in [5.41, 5.74) is 4.15.